The zero-order chi connectivity index (χ0) is 12.8. The number of rotatable bonds is 2. The predicted octanol–water partition coefficient (Wildman–Crippen LogP) is 4.71. The van der Waals surface area contributed by atoms with Crippen molar-refractivity contribution in [3.05, 3.63) is 11.1 Å². The highest BCUT2D eigenvalue weighted by Crippen LogP contribution is 2.36. The van der Waals surface area contributed by atoms with Crippen molar-refractivity contribution in [1.82, 2.24) is 0 Å². The van der Waals surface area contributed by atoms with Crippen LogP contribution in [0.2, 0.25) is 0 Å². The Morgan fingerprint density at radius 1 is 0.611 bits per heavy atom. The first-order chi connectivity index (χ1) is 8.86. The molecule has 2 fully saturated rings. The van der Waals surface area contributed by atoms with Crippen LogP contribution in [-0.4, -0.2) is 0 Å². The summed E-state index contributed by atoms with van der Waals surface area (Å²) < 4.78 is 0. The van der Waals surface area contributed by atoms with Gasteiger partial charge in [0, 0.05) is 11.1 Å². The highest BCUT2D eigenvalue weighted by Gasteiger charge is 2.24. The van der Waals surface area contributed by atoms with Gasteiger partial charge in [0.15, 0.2) is 0 Å². The Hall–Kier alpha value is -1.14. The van der Waals surface area contributed by atoms with Gasteiger partial charge in [-0.05, 0) is 37.5 Å². The molecule has 0 nitrogen and oxygen atoms in total. The summed E-state index contributed by atoms with van der Waals surface area (Å²) in [6.45, 7) is 0. The molecule has 0 spiro atoms. The summed E-state index contributed by atoms with van der Waals surface area (Å²) in [4.78, 5) is 0. The molecule has 0 amide bonds. The van der Waals surface area contributed by atoms with Gasteiger partial charge in [0.2, 0.25) is 0 Å². The van der Waals surface area contributed by atoms with Gasteiger partial charge in [0.25, 0.3) is 0 Å². The monoisotopic (exact) mass is 240 g/mol. The van der Waals surface area contributed by atoms with Crippen LogP contribution in [0.25, 0.3) is 0 Å². The maximum atomic E-state index is 5.78. The quantitative estimate of drug-likeness (QED) is 0.613. The van der Waals surface area contributed by atoms with Crippen LogP contribution < -0.4 is 0 Å². The highest BCUT2D eigenvalue weighted by atomic mass is 14.3. The second-order valence-electron chi connectivity index (χ2n) is 5.79. The average Bonchev–Trinajstić information content (AvgIpc) is 2.46. The summed E-state index contributed by atoms with van der Waals surface area (Å²) >= 11 is 0. The topological polar surface area (TPSA) is 0 Å². The lowest BCUT2D eigenvalue weighted by Crippen LogP contribution is -2.15. The Balaban J connectivity index is 2.21. The first kappa shape index (κ1) is 13.3. The van der Waals surface area contributed by atoms with Crippen molar-refractivity contribution < 1.29 is 0 Å². The number of allylic oxidation sites excluding steroid dienone is 2. The third kappa shape index (κ3) is 3.00. The van der Waals surface area contributed by atoms with Gasteiger partial charge >= 0.3 is 0 Å². The normalized spacial score (nSPS) is 23.9. The minimum atomic E-state index is 0.580. The summed E-state index contributed by atoms with van der Waals surface area (Å²) in [5.41, 5.74) is 2.37. The number of hydrogen-bond donors (Lipinski definition) is 0. The lowest BCUT2D eigenvalue weighted by atomic mass is 9.76. The second-order valence-corrected chi connectivity index (χ2v) is 5.79. The summed E-state index contributed by atoms with van der Waals surface area (Å²) in [5.74, 6) is 7.08. The molecule has 0 bridgehead atoms. The molecule has 0 atom stereocenters. The first-order valence-electron chi connectivity index (χ1n) is 7.54. The summed E-state index contributed by atoms with van der Waals surface area (Å²) in [6, 6.07) is 0. The van der Waals surface area contributed by atoms with Crippen LogP contribution in [0.4, 0.5) is 0 Å². The largest absolute Gasteiger partial charge is 0.115 e. The van der Waals surface area contributed by atoms with Crippen LogP contribution in [0.3, 0.4) is 0 Å². The van der Waals surface area contributed by atoms with Crippen LogP contribution in [0.1, 0.15) is 64.2 Å². The van der Waals surface area contributed by atoms with E-state index in [9.17, 15) is 0 Å². The van der Waals surface area contributed by atoms with Crippen LogP contribution in [0, 0.1) is 36.5 Å². The third-order valence-electron chi connectivity index (χ3n) is 4.63. The van der Waals surface area contributed by atoms with Crippen molar-refractivity contribution in [2.45, 2.75) is 64.2 Å². The summed E-state index contributed by atoms with van der Waals surface area (Å²) in [5, 5.41) is 0. The third-order valence-corrected chi connectivity index (χ3v) is 4.63. The molecular weight excluding hydrogens is 216 g/mol. The molecule has 0 saturated heterocycles. The molecule has 0 unspecified atom stereocenters. The van der Waals surface area contributed by atoms with Gasteiger partial charge in [-0.2, -0.15) is 0 Å². The molecule has 0 aromatic carbocycles. The van der Waals surface area contributed by atoms with Crippen molar-refractivity contribution in [2.75, 3.05) is 0 Å². The SMILES string of the molecule is C#C/C(=C(/C#C)C1CCCCC1)C1CCCCC1. The smallest absolute Gasteiger partial charge is 0.0167 e. The van der Waals surface area contributed by atoms with E-state index in [1.165, 1.54) is 75.4 Å². The Kier molecular flexibility index (Phi) is 4.95. The van der Waals surface area contributed by atoms with E-state index in [2.05, 4.69) is 11.8 Å². The van der Waals surface area contributed by atoms with E-state index in [0.29, 0.717) is 11.8 Å². The molecule has 2 aliphatic rings. The average molecular weight is 240 g/mol. The molecule has 18 heavy (non-hydrogen) atoms. The van der Waals surface area contributed by atoms with Gasteiger partial charge in [-0.3, -0.25) is 0 Å². The minimum Gasteiger partial charge on any atom is -0.115 e. The van der Waals surface area contributed by atoms with Gasteiger partial charge in [0.1, 0.15) is 0 Å². The minimum absolute atomic E-state index is 0.580. The van der Waals surface area contributed by atoms with Crippen LogP contribution in [-0.2, 0) is 0 Å². The van der Waals surface area contributed by atoms with E-state index in [1.54, 1.807) is 0 Å². The molecule has 0 aromatic heterocycles. The van der Waals surface area contributed by atoms with Crippen molar-refractivity contribution in [3.63, 3.8) is 0 Å². The fourth-order valence-electron chi connectivity index (χ4n) is 3.61. The molecule has 0 aromatic rings. The van der Waals surface area contributed by atoms with Gasteiger partial charge in [-0.15, -0.1) is 12.8 Å². The molecule has 0 aliphatic heterocycles. The van der Waals surface area contributed by atoms with Gasteiger partial charge in [-0.1, -0.05) is 50.4 Å². The molecule has 0 N–H and O–H groups in total. The summed E-state index contributed by atoms with van der Waals surface area (Å²) in [6.07, 6.45) is 24.6. The molecular formula is C18H24. The van der Waals surface area contributed by atoms with E-state index >= 15 is 0 Å². The van der Waals surface area contributed by atoms with Gasteiger partial charge < -0.3 is 0 Å². The van der Waals surface area contributed by atoms with Crippen LogP contribution >= 0.6 is 0 Å². The van der Waals surface area contributed by atoms with Crippen molar-refractivity contribution >= 4 is 0 Å². The Labute approximate surface area is 112 Å². The Bertz CT molecular complexity index is 335. The molecule has 2 rings (SSSR count). The number of hydrogen-bond acceptors (Lipinski definition) is 0. The fraction of sp³-hybridized carbons (Fsp3) is 0.667. The van der Waals surface area contributed by atoms with E-state index in [-0.39, 0.29) is 0 Å². The number of terminal acetylenes is 2. The highest BCUT2D eigenvalue weighted by molar-refractivity contribution is 5.44. The van der Waals surface area contributed by atoms with Gasteiger partial charge in [-0.25, -0.2) is 0 Å². The van der Waals surface area contributed by atoms with E-state index in [1.807, 2.05) is 0 Å². The molecule has 96 valence electrons. The van der Waals surface area contributed by atoms with E-state index < -0.39 is 0 Å². The maximum absolute atomic E-state index is 5.78. The fourth-order valence-corrected chi connectivity index (χ4v) is 3.61. The van der Waals surface area contributed by atoms with Gasteiger partial charge in [0.05, 0.1) is 0 Å². The molecule has 2 aliphatic carbocycles. The molecule has 0 heterocycles. The molecule has 2 saturated carbocycles. The summed E-state index contributed by atoms with van der Waals surface area (Å²) in [7, 11) is 0. The maximum Gasteiger partial charge on any atom is 0.0167 e. The van der Waals surface area contributed by atoms with E-state index in [0.717, 1.165) is 0 Å². The van der Waals surface area contributed by atoms with Crippen LogP contribution in [0.15, 0.2) is 11.1 Å². The lowest BCUT2D eigenvalue weighted by molar-refractivity contribution is 0.386. The van der Waals surface area contributed by atoms with E-state index in [4.69, 9.17) is 12.8 Å². The first-order valence-corrected chi connectivity index (χ1v) is 7.54. The molecule has 0 radical (unpaired) electrons. The van der Waals surface area contributed by atoms with Crippen molar-refractivity contribution in [2.24, 2.45) is 11.8 Å². The van der Waals surface area contributed by atoms with Crippen molar-refractivity contribution in [1.29, 1.82) is 0 Å². The Morgan fingerprint density at radius 2 is 0.944 bits per heavy atom. The van der Waals surface area contributed by atoms with Crippen LogP contribution in [0.5, 0.6) is 0 Å². The Morgan fingerprint density at radius 3 is 1.22 bits per heavy atom. The standard InChI is InChI=1S/C18H24/c1-3-17(15-11-7-5-8-12-15)18(4-2)16-13-9-6-10-14-16/h1-2,15-16H,5-14H2/b18-17+. The lowest BCUT2D eigenvalue weighted by Gasteiger charge is -2.27. The predicted molar refractivity (Wildman–Crippen MR) is 77.8 cm³/mol. The molecule has 0 heteroatoms. The van der Waals surface area contributed by atoms with Crippen molar-refractivity contribution in [3.8, 4) is 24.7 Å². The zero-order valence-corrected chi connectivity index (χ0v) is 11.4. The second kappa shape index (κ2) is 6.70. The zero-order valence-electron chi connectivity index (χ0n) is 11.4.